The molecule has 3 rings (SSSR count). The van der Waals surface area contributed by atoms with Crippen LogP contribution in [0.2, 0.25) is 0 Å². The zero-order chi connectivity index (χ0) is 18.2. The summed E-state index contributed by atoms with van der Waals surface area (Å²) in [6.07, 6.45) is 4.58. The molecule has 2 aliphatic heterocycles. The first kappa shape index (κ1) is 19.8. The Morgan fingerprint density at radius 2 is 1.92 bits per heavy atom. The van der Waals surface area contributed by atoms with Crippen molar-refractivity contribution in [3.05, 3.63) is 36.3 Å². The van der Waals surface area contributed by atoms with Gasteiger partial charge in [0.05, 0.1) is 5.69 Å². The van der Waals surface area contributed by atoms with Gasteiger partial charge in [-0.1, -0.05) is 27.4 Å². The van der Waals surface area contributed by atoms with Gasteiger partial charge in [0.25, 0.3) is 0 Å². The molecule has 1 aromatic rings. The highest BCUT2D eigenvalue weighted by Crippen LogP contribution is 2.33. The van der Waals surface area contributed by atoms with E-state index in [2.05, 4.69) is 28.6 Å². The van der Waals surface area contributed by atoms with Crippen molar-refractivity contribution in [2.75, 3.05) is 42.5 Å². The van der Waals surface area contributed by atoms with Crippen molar-refractivity contribution >= 4 is 11.4 Å². The van der Waals surface area contributed by atoms with Crippen molar-refractivity contribution in [3.8, 4) is 0 Å². The summed E-state index contributed by atoms with van der Waals surface area (Å²) in [5, 5.41) is 3.40. The van der Waals surface area contributed by atoms with Crippen LogP contribution < -0.4 is 15.1 Å². The summed E-state index contributed by atoms with van der Waals surface area (Å²) in [5.41, 5.74) is 2.78. The first-order valence-corrected chi connectivity index (χ1v) is 9.89. The molecule has 2 saturated heterocycles. The van der Waals surface area contributed by atoms with Crippen molar-refractivity contribution in [2.24, 2.45) is 5.92 Å². The van der Waals surface area contributed by atoms with Crippen LogP contribution in [0, 0.1) is 11.7 Å². The molecule has 0 spiro atoms. The van der Waals surface area contributed by atoms with Crippen LogP contribution in [-0.2, 0) is 0 Å². The smallest absolute Gasteiger partial charge is 0.148 e. The highest BCUT2D eigenvalue weighted by atomic mass is 19.1. The Balaban J connectivity index is 0.00000109. The molecule has 4 heteroatoms. The maximum Gasteiger partial charge on any atom is 0.148 e. The van der Waals surface area contributed by atoms with E-state index in [0.29, 0.717) is 5.92 Å². The third-order valence-corrected chi connectivity index (χ3v) is 4.97. The third-order valence-electron chi connectivity index (χ3n) is 4.97. The first-order chi connectivity index (χ1) is 12.2. The number of benzene rings is 1. The van der Waals surface area contributed by atoms with Gasteiger partial charge in [-0.05, 0) is 56.3 Å². The fourth-order valence-electron chi connectivity index (χ4n) is 3.72. The molecule has 1 aromatic carbocycles. The predicted molar refractivity (Wildman–Crippen MR) is 107 cm³/mol. The average molecular weight is 348 g/mol. The third kappa shape index (κ3) is 4.97. The van der Waals surface area contributed by atoms with Gasteiger partial charge in [-0.25, -0.2) is 4.39 Å². The van der Waals surface area contributed by atoms with Gasteiger partial charge < -0.3 is 15.1 Å². The fourth-order valence-corrected chi connectivity index (χ4v) is 3.72. The monoisotopic (exact) mass is 347 g/mol. The zero-order valence-corrected chi connectivity index (χ0v) is 16.2. The second kappa shape index (κ2) is 9.81. The molecular weight excluding hydrogens is 313 g/mol. The van der Waals surface area contributed by atoms with Crippen LogP contribution in [0.4, 0.5) is 15.8 Å². The van der Waals surface area contributed by atoms with Crippen LogP contribution in [0.1, 0.15) is 46.5 Å². The van der Waals surface area contributed by atoms with Crippen molar-refractivity contribution in [1.29, 1.82) is 0 Å². The molecule has 1 unspecified atom stereocenters. The zero-order valence-electron chi connectivity index (χ0n) is 16.2. The van der Waals surface area contributed by atoms with E-state index < -0.39 is 0 Å². The molecule has 0 radical (unpaired) electrons. The second-order valence-corrected chi connectivity index (χ2v) is 6.74. The minimum Gasteiger partial charge on any atom is -0.369 e. The topological polar surface area (TPSA) is 18.5 Å². The standard InChI is InChI=1S/C19H28FN3.C2H6/c1-3-21-13-16-11-15(2)23(14-16)17-7-8-19(18(20)12-17)22-9-5-4-6-10-22;1-2/h7-8,12,16,21H,2-6,9-11,13-14H2,1H3;1-2H3. The highest BCUT2D eigenvalue weighted by Gasteiger charge is 2.26. The molecule has 2 aliphatic rings. The molecule has 1 atom stereocenters. The van der Waals surface area contributed by atoms with Gasteiger partial charge in [0.1, 0.15) is 5.82 Å². The molecule has 1 N–H and O–H groups in total. The van der Waals surface area contributed by atoms with Crippen molar-refractivity contribution in [3.63, 3.8) is 0 Å². The van der Waals surface area contributed by atoms with Gasteiger partial charge in [-0.3, -0.25) is 0 Å². The van der Waals surface area contributed by atoms with E-state index >= 15 is 0 Å². The Kier molecular flexibility index (Phi) is 7.76. The van der Waals surface area contributed by atoms with Crippen LogP contribution >= 0.6 is 0 Å². The lowest BCUT2D eigenvalue weighted by molar-refractivity contribution is 0.532. The molecule has 0 bridgehead atoms. The van der Waals surface area contributed by atoms with Crippen LogP contribution in [0.3, 0.4) is 0 Å². The predicted octanol–water partition coefficient (Wildman–Crippen LogP) is 4.79. The van der Waals surface area contributed by atoms with Crippen molar-refractivity contribution < 1.29 is 4.39 Å². The molecular formula is C21H34FN3. The molecule has 3 nitrogen and oxygen atoms in total. The lowest BCUT2D eigenvalue weighted by atomic mass is 10.1. The number of rotatable bonds is 5. The number of nitrogens with zero attached hydrogens (tertiary/aromatic N) is 2. The number of hydrogen-bond donors (Lipinski definition) is 1. The Labute approximate surface area is 152 Å². The van der Waals surface area contributed by atoms with E-state index in [-0.39, 0.29) is 5.82 Å². The normalized spacial score (nSPS) is 20.5. The van der Waals surface area contributed by atoms with Crippen LogP contribution in [0.15, 0.2) is 30.5 Å². The summed E-state index contributed by atoms with van der Waals surface area (Å²) in [5.74, 6) is 0.458. The Morgan fingerprint density at radius 3 is 2.56 bits per heavy atom. The second-order valence-electron chi connectivity index (χ2n) is 6.74. The highest BCUT2D eigenvalue weighted by molar-refractivity contribution is 5.60. The summed E-state index contributed by atoms with van der Waals surface area (Å²) < 4.78 is 14.6. The van der Waals surface area contributed by atoms with E-state index in [1.165, 1.54) is 6.42 Å². The SMILES string of the molecule is C=C1CC(CNCC)CN1c1ccc(N2CCCCC2)c(F)c1.CC. The van der Waals surface area contributed by atoms with Gasteiger partial charge in [0, 0.05) is 37.6 Å². The van der Waals surface area contributed by atoms with E-state index in [1.807, 2.05) is 26.0 Å². The number of allylic oxidation sites excluding steroid dienone is 1. The number of nitrogens with one attached hydrogen (secondary N) is 1. The number of halogens is 1. The number of hydrogen-bond acceptors (Lipinski definition) is 3. The fraction of sp³-hybridized carbons (Fsp3) is 0.619. The Hall–Kier alpha value is -1.55. The lowest BCUT2D eigenvalue weighted by Crippen LogP contribution is -2.30. The number of anilines is 2. The van der Waals surface area contributed by atoms with Gasteiger partial charge in [0.15, 0.2) is 0 Å². The lowest BCUT2D eigenvalue weighted by Gasteiger charge is -2.30. The molecule has 0 aromatic heterocycles. The molecule has 2 fully saturated rings. The van der Waals surface area contributed by atoms with E-state index in [0.717, 1.165) is 69.1 Å². The Bertz CT molecular complexity index is 552. The molecule has 25 heavy (non-hydrogen) atoms. The molecule has 0 saturated carbocycles. The van der Waals surface area contributed by atoms with Gasteiger partial charge in [-0.15, -0.1) is 0 Å². The molecule has 0 aliphatic carbocycles. The maximum atomic E-state index is 14.6. The van der Waals surface area contributed by atoms with Gasteiger partial charge in [0.2, 0.25) is 0 Å². The largest absolute Gasteiger partial charge is 0.369 e. The van der Waals surface area contributed by atoms with Crippen molar-refractivity contribution in [2.45, 2.75) is 46.5 Å². The van der Waals surface area contributed by atoms with E-state index in [9.17, 15) is 4.39 Å². The van der Waals surface area contributed by atoms with Crippen LogP contribution in [0.5, 0.6) is 0 Å². The summed E-state index contributed by atoms with van der Waals surface area (Å²) in [7, 11) is 0. The van der Waals surface area contributed by atoms with Gasteiger partial charge >= 0.3 is 0 Å². The minimum atomic E-state index is -0.104. The molecule has 0 amide bonds. The minimum absolute atomic E-state index is 0.104. The average Bonchev–Trinajstić information content (AvgIpc) is 3.03. The van der Waals surface area contributed by atoms with E-state index in [1.54, 1.807) is 6.07 Å². The van der Waals surface area contributed by atoms with Crippen LogP contribution in [0.25, 0.3) is 0 Å². The number of piperidine rings is 1. The van der Waals surface area contributed by atoms with Gasteiger partial charge in [-0.2, -0.15) is 0 Å². The molecule has 140 valence electrons. The van der Waals surface area contributed by atoms with Crippen LogP contribution in [-0.4, -0.2) is 32.7 Å². The summed E-state index contributed by atoms with van der Waals surface area (Å²) >= 11 is 0. The maximum absolute atomic E-state index is 14.6. The van der Waals surface area contributed by atoms with E-state index in [4.69, 9.17) is 0 Å². The quantitative estimate of drug-likeness (QED) is 0.826. The summed E-state index contributed by atoms with van der Waals surface area (Å²) in [6.45, 7) is 15.2. The summed E-state index contributed by atoms with van der Waals surface area (Å²) in [6, 6.07) is 5.68. The summed E-state index contributed by atoms with van der Waals surface area (Å²) in [4.78, 5) is 4.35. The molecule has 2 heterocycles. The van der Waals surface area contributed by atoms with Crippen molar-refractivity contribution in [1.82, 2.24) is 5.32 Å². The Morgan fingerprint density at radius 1 is 1.20 bits per heavy atom. The first-order valence-electron chi connectivity index (χ1n) is 9.89.